The van der Waals surface area contributed by atoms with E-state index in [1.165, 1.54) is 28.0 Å². The van der Waals surface area contributed by atoms with Crippen LogP contribution in [-0.4, -0.2) is 20.3 Å². The molecule has 3 heteroatoms. The van der Waals surface area contributed by atoms with Gasteiger partial charge < -0.3 is 14.4 Å². The van der Waals surface area contributed by atoms with Gasteiger partial charge in [-0.3, -0.25) is 0 Å². The minimum absolute atomic E-state index is 0.298. The molecule has 0 N–H and O–H groups in total. The van der Waals surface area contributed by atoms with Gasteiger partial charge in [-0.25, -0.2) is 0 Å². The fourth-order valence-corrected chi connectivity index (χ4v) is 4.30. The second kappa shape index (κ2) is 9.69. The molecule has 154 valence electrons. The van der Waals surface area contributed by atoms with E-state index in [0.29, 0.717) is 6.04 Å². The third-order valence-corrected chi connectivity index (χ3v) is 5.71. The summed E-state index contributed by atoms with van der Waals surface area (Å²) in [4.78, 5) is 2.45. The number of allylic oxidation sites excluding steroid dienone is 2. The van der Waals surface area contributed by atoms with Crippen LogP contribution in [0.15, 0.2) is 65.9 Å². The lowest BCUT2D eigenvalue weighted by Crippen LogP contribution is -2.35. The van der Waals surface area contributed by atoms with E-state index in [1.807, 2.05) is 12.1 Å². The number of ether oxygens (including phenoxy) is 2. The third-order valence-electron chi connectivity index (χ3n) is 5.71. The van der Waals surface area contributed by atoms with Crippen molar-refractivity contribution in [2.45, 2.75) is 52.5 Å². The lowest BCUT2D eigenvalue weighted by Gasteiger charge is -2.39. The van der Waals surface area contributed by atoms with Crippen LogP contribution in [0.5, 0.6) is 11.5 Å². The maximum absolute atomic E-state index is 5.39. The number of anilines is 1. The molecule has 1 aliphatic heterocycles. The average Bonchev–Trinajstić information content (AvgIpc) is 2.78. The van der Waals surface area contributed by atoms with Gasteiger partial charge in [-0.2, -0.15) is 0 Å². The van der Waals surface area contributed by atoms with E-state index in [0.717, 1.165) is 37.2 Å². The molecule has 1 aliphatic rings. The van der Waals surface area contributed by atoms with E-state index in [2.05, 4.69) is 68.3 Å². The molecule has 0 saturated heterocycles. The predicted octanol–water partition coefficient (Wildman–Crippen LogP) is 6.85. The number of hydrogen-bond donors (Lipinski definition) is 0. The highest BCUT2D eigenvalue weighted by molar-refractivity contribution is 5.82. The molecule has 0 aromatic heterocycles. The molecule has 1 unspecified atom stereocenters. The Morgan fingerprint density at radius 3 is 1.90 bits per heavy atom. The van der Waals surface area contributed by atoms with E-state index in [-0.39, 0.29) is 0 Å². The van der Waals surface area contributed by atoms with Crippen LogP contribution in [0, 0.1) is 0 Å². The summed E-state index contributed by atoms with van der Waals surface area (Å²) in [6.07, 6.45) is 6.68. The minimum Gasteiger partial charge on any atom is -0.497 e. The smallest absolute Gasteiger partial charge is 0.119 e. The van der Waals surface area contributed by atoms with Crippen LogP contribution >= 0.6 is 0 Å². The molecule has 29 heavy (non-hydrogen) atoms. The second-order valence-electron chi connectivity index (χ2n) is 7.41. The van der Waals surface area contributed by atoms with Crippen molar-refractivity contribution in [3.8, 4) is 11.5 Å². The first-order valence-electron chi connectivity index (χ1n) is 10.7. The van der Waals surface area contributed by atoms with Gasteiger partial charge in [0.2, 0.25) is 0 Å². The van der Waals surface area contributed by atoms with Gasteiger partial charge in [0, 0.05) is 11.9 Å². The first kappa shape index (κ1) is 21.0. The molecule has 3 nitrogen and oxygen atoms in total. The van der Waals surface area contributed by atoms with Gasteiger partial charge in [0.15, 0.2) is 0 Å². The number of methoxy groups -OCH3 is 2. The summed E-state index contributed by atoms with van der Waals surface area (Å²) in [5.41, 5.74) is 6.87. The van der Waals surface area contributed by atoms with Crippen LogP contribution in [0.4, 0.5) is 5.69 Å². The fourth-order valence-electron chi connectivity index (χ4n) is 4.30. The highest BCUT2D eigenvalue weighted by atomic mass is 16.5. The van der Waals surface area contributed by atoms with Crippen molar-refractivity contribution in [3.63, 3.8) is 0 Å². The Balaban J connectivity index is 2.13. The van der Waals surface area contributed by atoms with Crippen LogP contribution in [0.25, 0.3) is 5.57 Å². The molecule has 3 rings (SSSR count). The van der Waals surface area contributed by atoms with Crippen molar-refractivity contribution in [3.05, 3.63) is 71.4 Å². The third kappa shape index (κ3) is 4.34. The summed E-state index contributed by atoms with van der Waals surface area (Å²) in [6.45, 7) is 6.81. The number of benzene rings is 2. The van der Waals surface area contributed by atoms with Gasteiger partial charge in [0.05, 0.1) is 20.3 Å². The highest BCUT2D eigenvalue weighted by Crippen LogP contribution is 2.41. The largest absolute Gasteiger partial charge is 0.497 e. The Bertz CT molecular complexity index is 863. The van der Waals surface area contributed by atoms with E-state index in [1.54, 1.807) is 14.2 Å². The lowest BCUT2D eigenvalue weighted by molar-refractivity contribution is 0.414. The topological polar surface area (TPSA) is 21.7 Å². The maximum Gasteiger partial charge on any atom is 0.119 e. The first-order valence-corrected chi connectivity index (χ1v) is 10.7. The van der Waals surface area contributed by atoms with Gasteiger partial charge in [0.25, 0.3) is 0 Å². The van der Waals surface area contributed by atoms with Crippen molar-refractivity contribution in [1.29, 1.82) is 0 Å². The number of hydrogen-bond acceptors (Lipinski definition) is 3. The van der Waals surface area contributed by atoms with E-state index >= 15 is 0 Å². The second-order valence-corrected chi connectivity index (χ2v) is 7.41. The quantitative estimate of drug-likeness (QED) is 0.491. The Hall–Kier alpha value is -2.68. The van der Waals surface area contributed by atoms with Gasteiger partial charge in [0.1, 0.15) is 11.5 Å². The molecular formula is C26H33NO2. The van der Waals surface area contributed by atoms with Crippen LogP contribution in [0.2, 0.25) is 0 Å². The molecule has 0 radical (unpaired) electrons. The molecule has 1 atom stereocenters. The van der Waals surface area contributed by atoms with Gasteiger partial charge in [-0.15, -0.1) is 0 Å². The molecule has 2 aromatic carbocycles. The predicted molar refractivity (Wildman–Crippen MR) is 123 cm³/mol. The maximum atomic E-state index is 5.39. The Morgan fingerprint density at radius 2 is 1.41 bits per heavy atom. The zero-order valence-corrected chi connectivity index (χ0v) is 18.4. The van der Waals surface area contributed by atoms with Crippen molar-refractivity contribution >= 4 is 11.3 Å². The Labute approximate surface area is 175 Å². The Kier molecular flexibility index (Phi) is 7.03. The molecular weight excluding hydrogens is 358 g/mol. The van der Waals surface area contributed by atoms with Crippen molar-refractivity contribution < 1.29 is 9.47 Å². The van der Waals surface area contributed by atoms with Crippen LogP contribution in [0.1, 0.15) is 52.0 Å². The van der Waals surface area contributed by atoms with E-state index in [4.69, 9.17) is 9.47 Å². The zero-order chi connectivity index (χ0) is 20.8. The SMILES string of the molecule is CCCC1=CN(c2ccc(OC)cc2)C(CC)C(c2ccc(OC)cc2)=C1CC. The van der Waals surface area contributed by atoms with Gasteiger partial charge in [-0.05, 0) is 77.9 Å². The van der Waals surface area contributed by atoms with E-state index in [9.17, 15) is 0 Å². The summed E-state index contributed by atoms with van der Waals surface area (Å²) in [7, 11) is 3.43. The molecule has 0 aliphatic carbocycles. The standard InChI is InChI=1S/C26H33NO2/c1-6-9-20-18-27(21-12-16-23(29-5)17-13-21)25(8-3)26(24(20)7-2)19-10-14-22(28-4)15-11-19/h10-18,25H,6-9H2,1-5H3. The summed E-state index contributed by atoms with van der Waals surface area (Å²) >= 11 is 0. The first-order chi connectivity index (χ1) is 14.2. The molecule has 0 bridgehead atoms. The average molecular weight is 392 g/mol. The summed E-state index contributed by atoms with van der Waals surface area (Å²) < 4.78 is 10.7. The van der Waals surface area contributed by atoms with Crippen molar-refractivity contribution in [1.82, 2.24) is 0 Å². The molecule has 0 spiro atoms. The van der Waals surface area contributed by atoms with Crippen LogP contribution in [0.3, 0.4) is 0 Å². The van der Waals surface area contributed by atoms with Gasteiger partial charge in [-0.1, -0.05) is 39.3 Å². The molecule has 2 aromatic rings. The van der Waals surface area contributed by atoms with Crippen molar-refractivity contribution in [2.75, 3.05) is 19.1 Å². The summed E-state index contributed by atoms with van der Waals surface area (Å²) in [5.74, 6) is 1.78. The molecule has 0 fully saturated rings. The van der Waals surface area contributed by atoms with Crippen LogP contribution < -0.4 is 14.4 Å². The normalized spacial score (nSPS) is 16.7. The molecule has 0 amide bonds. The van der Waals surface area contributed by atoms with Crippen molar-refractivity contribution in [2.24, 2.45) is 0 Å². The van der Waals surface area contributed by atoms with Crippen LogP contribution in [-0.2, 0) is 0 Å². The van der Waals surface area contributed by atoms with E-state index < -0.39 is 0 Å². The Morgan fingerprint density at radius 1 is 0.828 bits per heavy atom. The summed E-state index contributed by atoms with van der Waals surface area (Å²) in [5, 5.41) is 0. The number of rotatable bonds is 8. The highest BCUT2D eigenvalue weighted by Gasteiger charge is 2.29. The molecule has 0 saturated carbocycles. The monoisotopic (exact) mass is 391 g/mol. The number of nitrogens with zero attached hydrogens (tertiary/aromatic N) is 1. The minimum atomic E-state index is 0.298. The lowest BCUT2D eigenvalue weighted by atomic mass is 9.82. The molecule has 1 heterocycles. The fraction of sp³-hybridized carbons (Fsp3) is 0.385. The summed E-state index contributed by atoms with van der Waals surface area (Å²) in [6, 6.07) is 17.2. The zero-order valence-electron chi connectivity index (χ0n) is 18.4. The van der Waals surface area contributed by atoms with Gasteiger partial charge >= 0.3 is 0 Å².